The molecule has 0 spiro atoms. The molecule has 2 N–H and O–H groups in total. The molecule has 0 aromatic heterocycles. The van der Waals surface area contributed by atoms with Gasteiger partial charge in [-0.2, -0.15) is 0 Å². The summed E-state index contributed by atoms with van der Waals surface area (Å²) in [5.41, 5.74) is 2.53. The Kier molecular flexibility index (Phi) is 2.15. The van der Waals surface area contributed by atoms with E-state index in [2.05, 4.69) is 0 Å². The maximum atomic E-state index is 9.30. The quantitative estimate of drug-likeness (QED) is 0.640. The normalized spacial score (nSPS) is 10.1. The van der Waals surface area contributed by atoms with Gasteiger partial charge in [0.25, 0.3) is 0 Å². The SMILES string of the molecule is Cc1cc(O)c(C)c(CO)c1. The molecule has 60 valence electrons. The van der Waals surface area contributed by atoms with Crippen LogP contribution in [-0.2, 0) is 6.61 Å². The molecule has 1 aromatic rings. The van der Waals surface area contributed by atoms with E-state index in [-0.39, 0.29) is 12.4 Å². The summed E-state index contributed by atoms with van der Waals surface area (Å²) < 4.78 is 0. The minimum Gasteiger partial charge on any atom is -0.508 e. The fraction of sp³-hybridized carbons (Fsp3) is 0.333. The first-order valence-electron chi connectivity index (χ1n) is 3.55. The fourth-order valence-electron chi connectivity index (χ4n) is 1.08. The van der Waals surface area contributed by atoms with Crippen molar-refractivity contribution >= 4 is 0 Å². The third-order valence-corrected chi connectivity index (χ3v) is 1.80. The Labute approximate surface area is 66.1 Å². The molecule has 1 rings (SSSR count). The molecule has 0 bridgehead atoms. The third kappa shape index (κ3) is 1.52. The monoisotopic (exact) mass is 152 g/mol. The van der Waals surface area contributed by atoms with Crippen LogP contribution in [0.2, 0.25) is 0 Å². The molecule has 0 aliphatic rings. The third-order valence-electron chi connectivity index (χ3n) is 1.80. The lowest BCUT2D eigenvalue weighted by Crippen LogP contribution is -1.89. The Bertz CT molecular complexity index is 267. The number of aryl methyl sites for hydroxylation is 1. The van der Waals surface area contributed by atoms with Crippen LogP contribution in [0.1, 0.15) is 16.7 Å². The van der Waals surface area contributed by atoms with Crippen LogP contribution >= 0.6 is 0 Å². The van der Waals surface area contributed by atoms with Gasteiger partial charge in [-0.15, -0.1) is 0 Å². The van der Waals surface area contributed by atoms with Crippen LogP contribution in [0.5, 0.6) is 5.75 Å². The Morgan fingerprint density at radius 3 is 2.45 bits per heavy atom. The van der Waals surface area contributed by atoms with Crippen LogP contribution in [0.3, 0.4) is 0 Å². The Morgan fingerprint density at radius 1 is 1.27 bits per heavy atom. The first-order chi connectivity index (χ1) is 5.15. The van der Waals surface area contributed by atoms with Crippen LogP contribution in [0, 0.1) is 13.8 Å². The number of aliphatic hydroxyl groups excluding tert-OH is 1. The highest BCUT2D eigenvalue weighted by atomic mass is 16.3. The van der Waals surface area contributed by atoms with Gasteiger partial charge in [0.15, 0.2) is 0 Å². The summed E-state index contributed by atoms with van der Waals surface area (Å²) in [7, 11) is 0. The second-order valence-electron chi connectivity index (χ2n) is 2.73. The summed E-state index contributed by atoms with van der Waals surface area (Å²) in [6.45, 7) is 3.67. The summed E-state index contributed by atoms with van der Waals surface area (Å²) in [6.07, 6.45) is 0. The molecule has 0 saturated carbocycles. The lowest BCUT2D eigenvalue weighted by atomic mass is 10.1. The van der Waals surface area contributed by atoms with E-state index in [1.165, 1.54) is 0 Å². The molecule has 11 heavy (non-hydrogen) atoms. The van der Waals surface area contributed by atoms with Gasteiger partial charge in [0.2, 0.25) is 0 Å². The molecule has 0 radical (unpaired) electrons. The minimum absolute atomic E-state index is 0.0128. The van der Waals surface area contributed by atoms with Crippen molar-refractivity contribution in [2.75, 3.05) is 0 Å². The first kappa shape index (κ1) is 8.08. The average molecular weight is 152 g/mol. The Hall–Kier alpha value is -1.02. The van der Waals surface area contributed by atoms with Crippen molar-refractivity contribution in [3.63, 3.8) is 0 Å². The van der Waals surface area contributed by atoms with Crippen molar-refractivity contribution in [1.29, 1.82) is 0 Å². The molecular weight excluding hydrogens is 140 g/mol. The van der Waals surface area contributed by atoms with Crippen molar-refractivity contribution in [2.24, 2.45) is 0 Å². The summed E-state index contributed by atoms with van der Waals surface area (Å²) in [5.74, 6) is 0.258. The van der Waals surface area contributed by atoms with Crippen molar-refractivity contribution in [3.8, 4) is 5.75 Å². The van der Waals surface area contributed by atoms with E-state index in [1.807, 2.05) is 13.0 Å². The Balaban J connectivity index is 3.24. The fourth-order valence-corrected chi connectivity index (χ4v) is 1.08. The van der Waals surface area contributed by atoms with Crippen molar-refractivity contribution in [2.45, 2.75) is 20.5 Å². The predicted octanol–water partition coefficient (Wildman–Crippen LogP) is 1.50. The van der Waals surface area contributed by atoms with Crippen molar-refractivity contribution < 1.29 is 10.2 Å². The van der Waals surface area contributed by atoms with Crippen molar-refractivity contribution in [1.82, 2.24) is 0 Å². The number of aliphatic hydroxyl groups is 1. The smallest absolute Gasteiger partial charge is 0.119 e. The van der Waals surface area contributed by atoms with E-state index >= 15 is 0 Å². The number of phenols is 1. The summed E-state index contributed by atoms with van der Waals surface area (Å²) in [5, 5.41) is 18.2. The van der Waals surface area contributed by atoms with E-state index < -0.39 is 0 Å². The van der Waals surface area contributed by atoms with Gasteiger partial charge >= 0.3 is 0 Å². The lowest BCUT2D eigenvalue weighted by Gasteiger charge is -2.05. The molecule has 1 aromatic carbocycles. The van der Waals surface area contributed by atoms with Gasteiger partial charge in [-0.05, 0) is 36.6 Å². The number of phenolic OH excluding ortho intramolecular Hbond substituents is 1. The summed E-state index contributed by atoms with van der Waals surface area (Å²) in [6, 6.07) is 3.56. The zero-order chi connectivity index (χ0) is 8.43. The number of benzene rings is 1. The van der Waals surface area contributed by atoms with Gasteiger partial charge in [0.05, 0.1) is 6.61 Å². The molecule has 2 nitrogen and oxygen atoms in total. The number of hydrogen-bond donors (Lipinski definition) is 2. The summed E-state index contributed by atoms with van der Waals surface area (Å²) in [4.78, 5) is 0. The van der Waals surface area contributed by atoms with E-state index in [4.69, 9.17) is 5.11 Å². The van der Waals surface area contributed by atoms with E-state index in [1.54, 1.807) is 13.0 Å². The molecule has 0 unspecified atom stereocenters. The second kappa shape index (κ2) is 2.93. The van der Waals surface area contributed by atoms with Gasteiger partial charge in [-0.25, -0.2) is 0 Å². The van der Waals surface area contributed by atoms with Gasteiger partial charge in [-0.3, -0.25) is 0 Å². The zero-order valence-corrected chi connectivity index (χ0v) is 6.76. The topological polar surface area (TPSA) is 40.5 Å². The zero-order valence-electron chi connectivity index (χ0n) is 6.76. The van der Waals surface area contributed by atoms with Crippen LogP contribution in [-0.4, -0.2) is 10.2 Å². The van der Waals surface area contributed by atoms with Crippen LogP contribution in [0.4, 0.5) is 0 Å². The number of aromatic hydroxyl groups is 1. The number of hydrogen-bond acceptors (Lipinski definition) is 2. The van der Waals surface area contributed by atoms with Crippen LogP contribution in [0.25, 0.3) is 0 Å². The van der Waals surface area contributed by atoms with Gasteiger partial charge < -0.3 is 10.2 Å². The standard InChI is InChI=1S/C9H12O2/c1-6-3-8(5-10)7(2)9(11)4-6/h3-4,10-11H,5H2,1-2H3. The predicted molar refractivity (Wildman–Crippen MR) is 43.5 cm³/mol. The van der Waals surface area contributed by atoms with Gasteiger partial charge in [-0.1, -0.05) is 6.07 Å². The molecule has 2 heteroatoms. The van der Waals surface area contributed by atoms with Gasteiger partial charge in [0.1, 0.15) is 5.75 Å². The lowest BCUT2D eigenvalue weighted by molar-refractivity contribution is 0.280. The molecule has 0 amide bonds. The first-order valence-corrected chi connectivity index (χ1v) is 3.55. The summed E-state index contributed by atoms with van der Waals surface area (Å²) >= 11 is 0. The van der Waals surface area contributed by atoms with E-state index in [0.717, 1.165) is 16.7 Å². The average Bonchev–Trinajstić information content (AvgIpc) is 1.96. The maximum Gasteiger partial charge on any atom is 0.119 e. The maximum absolute atomic E-state index is 9.30. The minimum atomic E-state index is -0.0128. The molecule has 0 aliphatic heterocycles. The van der Waals surface area contributed by atoms with Gasteiger partial charge in [0, 0.05) is 0 Å². The Morgan fingerprint density at radius 2 is 1.91 bits per heavy atom. The highest BCUT2D eigenvalue weighted by Gasteiger charge is 2.02. The van der Waals surface area contributed by atoms with E-state index in [0.29, 0.717) is 0 Å². The largest absolute Gasteiger partial charge is 0.508 e. The highest BCUT2D eigenvalue weighted by molar-refractivity contribution is 5.41. The number of rotatable bonds is 1. The van der Waals surface area contributed by atoms with E-state index in [9.17, 15) is 5.11 Å². The van der Waals surface area contributed by atoms with Crippen LogP contribution in [0.15, 0.2) is 12.1 Å². The molecule has 0 atom stereocenters. The highest BCUT2D eigenvalue weighted by Crippen LogP contribution is 2.21. The van der Waals surface area contributed by atoms with Crippen molar-refractivity contribution in [3.05, 3.63) is 28.8 Å². The molecule has 0 aliphatic carbocycles. The molecule has 0 fully saturated rings. The second-order valence-corrected chi connectivity index (χ2v) is 2.73. The molecular formula is C9H12O2. The van der Waals surface area contributed by atoms with Crippen LogP contribution < -0.4 is 0 Å². The molecule has 0 saturated heterocycles. The molecule has 0 heterocycles.